The van der Waals surface area contributed by atoms with Gasteiger partial charge in [0.05, 0.1) is 0 Å². The summed E-state index contributed by atoms with van der Waals surface area (Å²) in [6.07, 6.45) is 1.59. The van der Waals surface area contributed by atoms with Gasteiger partial charge < -0.3 is 10.6 Å². The Morgan fingerprint density at radius 2 is 1.50 bits per heavy atom. The van der Waals surface area contributed by atoms with E-state index in [1.807, 2.05) is 44.2 Å². The van der Waals surface area contributed by atoms with Crippen LogP contribution in [0, 0.1) is 0 Å². The molecule has 0 bridgehead atoms. The molecule has 0 fully saturated rings. The number of hydrogen-bond donors (Lipinski definition) is 2. The van der Waals surface area contributed by atoms with E-state index in [1.165, 1.54) is 0 Å². The molecule has 0 spiro atoms. The molecular weight excluding hydrogens is 228 g/mol. The monoisotopic (exact) mass is 246 g/mol. The Morgan fingerprint density at radius 1 is 1.00 bits per heavy atom. The van der Waals surface area contributed by atoms with Crippen molar-refractivity contribution in [3.8, 4) is 0 Å². The molecule has 0 aliphatic carbocycles. The van der Waals surface area contributed by atoms with Crippen LogP contribution in [0.25, 0.3) is 6.08 Å². The molecule has 96 valence electrons. The van der Waals surface area contributed by atoms with Crippen molar-refractivity contribution in [2.45, 2.75) is 13.8 Å². The molecular formula is C14H18N2O2. The van der Waals surface area contributed by atoms with Crippen LogP contribution in [0.15, 0.2) is 35.9 Å². The highest BCUT2D eigenvalue weighted by Gasteiger charge is 2.16. The second-order valence-corrected chi connectivity index (χ2v) is 3.69. The number of carbonyl (C=O) groups is 2. The summed E-state index contributed by atoms with van der Waals surface area (Å²) >= 11 is 0. The van der Waals surface area contributed by atoms with Crippen molar-refractivity contribution in [1.82, 2.24) is 10.6 Å². The molecule has 18 heavy (non-hydrogen) atoms. The average molecular weight is 246 g/mol. The number of likely N-dealkylation sites (N-methyl/N-ethyl adjacent to an activating group) is 2. The van der Waals surface area contributed by atoms with Crippen LogP contribution in [0.4, 0.5) is 0 Å². The molecule has 4 heteroatoms. The predicted octanol–water partition coefficient (Wildman–Crippen LogP) is 1.34. The number of hydrogen-bond acceptors (Lipinski definition) is 2. The number of benzene rings is 1. The summed E-state index contributed by atoms with van der Waals surface area (Å²) < 4.78 is 0. The van der Waals surface area contributed by atoms with Gasteiger partial charge in [0.15, 0.2) is 0 Å². The Bertz CT molecular complexity index is 418. The Labute approximate surface area is 107 Å². The van der Waals surface area contributed by atoms with Gasteiger partial charge in [-0.1, -0.05) is 30.3 Å². The molecule has 1 aromatic rings. The summed E-state index contributed by atoms with van der Waals surface area (Å²) in [6.45, 7) is 4.61. The maximum absolute atomic E-state index is 11.8. The van der Waals surface area contributed by atoms with Crippen molar-refractivity contribution < 1.29 is 9.59 Å². The van der Waals surface area contributed by atoms with Gasteiger partial charge in [0.1, 0.15) is 5.57 Å². The van der Waals surface area contributed by atoms with Gasteiger partial charge in [-0.15, -0.1) is 0 Å². The average Bonchev–Trinajstić information content (AvgIpc) is 2.37. The second-order valence-electron chi connectivity index (χ2n) is 3.69. The predicted molar refractivity (Wildman–Crippen MR) is 71.8 cm³/mol. The fourth-order valence-corrected chi connectivity index (χ4v) is 1.46. The van der Waals surface area contributed by atoms with Crippen LogP contribution >= 0.6 is 0 Å². The number of carbonyl (C=O) groups excluding carboxylic acids is 2. The molecule has 1 aromatic carbocycles. The molecule has 4 nitrogen and oxygen atoms in total. The number of rotatable bonds is 5. The van der Waals surface area contributed by atoms with Crippen molar-refractivity contribution in [3.05, 3.63) is 41.5 Å². The van der Waals surface area contributed by atoms with Gasteiger partial charge in [-0.25, -0.2) is 0 Å². The quantitative estimate of drug-likeness (QED) is 0.468. The molecule has 0 aliphatic rings. The summed E-state index contributed by atoms with van der Waals surface area (Å²) in [6, 6.07) is 9.30. The summed E-state index contributed by atoms with van der Waals surface area (Å²) in [5, 5.41) is 5.27. The van der Waals surface area contributed by atoms with Gasteiger partial charge in [-0.2, -0.15) is 0 Å². The van der Waals surface area contributed by atoms with Crippen molar-refractivity contribution in [2.24, 2.45) is 0 Å². The van der Waals surface area contributed by atoms with Crippen molar-refractivity contribution in [1.29, 1.82) is 0 Å². The Kier molecular flexibility index (Phi) is 5.64. The zero-order valence-electron chi connectivity index (χ0n) is 10.7. The molecule has 0 radical (unpaired) electrons. The maximum atomic E-state index is 11.8. The first-order valence-electron chi connectivity index (χ1n) is 6.02. The van der Waals surface area contributed by atoms with Gasteiger partial charge in [-0.3, -0.25) is 9.59 Å². The van der Waals surface area contributed by atoms with E-state index in [1.54, 1.807) is 6.08 Å². The summed E-state index contributed by atoms with van der Waals surface area (Å²) in [5.74, 6) is -0.709. The lowest BCUT2D eigenvalue weighted by Gasteiger charge is -2.07. The summed E-state index contributed by atoms with van der Waals surface area (Å²) in [7, 11) is 0. The van der Waals surface area contributed by atoms with Crippen molar-refractivity contribution in [2.75, 3.05) is 13.1 Å². The van der Waals surface area contributed by atoms with Gasteiger partial charge in [-0.05, 0) is 25.5 Å². The van der Waals surface area contributed by atoms with Crippen molar-refractivity contribution >= 4 is 17.9 Å². The van der Waals surface area contributed by atoms with E-state index in [2.05, 4.69) is 10.6 Å². The second kappa shape index (κ2) is 7.27. The lowest BCUT2D eigenvalue weighted by molar-refractivity contribution is -0.123. The van der Waals surface area contributed by atoms with Crippen LogP contribution in [0.5, 0.6) is 0 Å². The van der Waals surface area contributed by atoms with Gasteiger partial charge in [0.2, 0.25) is 0 Å². The molecule has 0 heterocycles. The fourth-order valence-electron chi connectivity index (χ4n) is 1.46. The summed E-state index contributed by atoms with van der Waals surface area (Å²) in [5.41, 5.74) is 0.954. The van der Waals surface area contributed by atoms with Gasteiger partial charge >= 0.3 is 0 Å². The van der Waals surface area contributed by atoms with Crippen LogP contribution in [0.2, 0.25) is 0 Å². The molecule has 0 aromatic heterocycles. The van der Waals surface area contributed by atoms with Gasteiger partial charge in [0, 0.05) is 13.1 Å². The maximum Gasteiger partial charge on any atom is 0.256 e. The van der Waals surface area contributed by atoms with E-state index in [4.69, 9.17) is 0 Å². The zero-order chi connectivity index (χ0) is 13.4. The van der Waals surface area contributed by atoms with E-state index < -0.39 is 0 Å². The van der Waals surface area contributed by atoms with Crippen LogP contribution < -0.4 is 10.6 Å². The standard InChI is InChI=1S/C14H18N2O2/c1-3-15-13(17)12(14(18)16-4-2)10-11-8-6-5-7-9-11/h5-10H,3-4H2,1-2H3,(H,15,17)(H,16,18). The highest BCUT2D eigenvalue weighted by Crippen LogP contribution is 2.07. The first-order valence-corrected chi connectivity index (χ1v) is 6.02. The molecule has 0 saturated carbocycles. The fraction of sp³-hybridized carbons (Fsp3) is 0.286. The van der Waals surface area contributed by atoms with Crippen LogP contribution in [0.3, 0.4) is 0 Å². The molecule has 2 amide bonds. The van der Waals surface area contributed by atoms with Crippen molar-refractivity contribution in [3.63, 3.8) is 0 Å². The van der Waals surface area contributed by atoms with Crippen LogP contribution in [-0.2, 0) is 9.59 Å². The third-order valence-electron chi connectivity index (χ3n) is 2.27. The first-order chi connectivity index (χ1) is 8.69. The number of nitrogens with one attached hydrogen (secondary N) is 2. The lowest BCUT2D eigenvalue weighted by Crippen LogP contribution is -2.34. The minimum Gasteiger partial charge on any atom is -0.352 e. The largest absolute Gasteiger partial charge is 0.352 e. The minimum atomic E-state index is -0.354. The summed E-state index contributed by atoms with van der Waals surface area (Å²) in [4.78, 5) is 23.6. The van der Waals surface area contributed by atoms with E-state index in [9.17, 15) is 9.59 Å². The normalized spacial score (nSPS) is 9.44. The molecule has 0 saturated heterocycles. The Hall–Kier alpha value is -2.10. The van der Waals surface area contributed by atoms with Gasteiger partial charge in [0.25, 0.3) is 11.8 Å². The van der Waals surface area contributed by atoms with E-state index in [-0.39, 0.29) is 17.4 Å². The van der Waals surface area contributed by atoms with E-state index in [0.29, 0.717) is 13.1 Å². The van der Waals surface area contributed by atoms with Crippen LogP contribution in [-0.4, -0.2) is 24.9 Å². The smallest absolute Gasteiger partial charge is 0.256 e. The number of amides is 2. The molecule has 0 atom stereocenters. The van der Waals surface area contributed by atoms with E-state index in [0.717, 1.165) is 5.56 Å². The Morgan fingerprint density at radius 3 is 1.94 bits per heavy atom. The molecule has 0 aliphatic heterocycles. The molecule has 1 rings (SSSR count). The topological polar surface area (TPSA) is 58.2 Å². The van der Waals surface area contributed by atoms with E-state index >= 15 is 0 Å². The molecule has 0 unspecified atom stereocenters. The molecule has 2 N–H and O–H groups in total. The lowest BCUT2D eigenvalue weighted by atomic mass is 10.1. The highest BCUT2D eigenvalue weighted by molar-refractivity contribution is 6.21. The SMILES string of the molecule is CCNC(=O)C(=Cc1ccccc1)C(=O)NCC. The third kappa shape index (κ3) is 4.05. The zero-order valence-corrected chi connectivity index (χ0v) is 10.7. The first kappa shape index (κ1) is 14.0. The third-order valence-corrected chi connectivity index (χ3v) is 2.27. The highest BCUT2D eigenvalue weighted by atomic mass is 16.2. The Balaban J connectivity index is 3.00. The van der Waals surface area contributed by atoms with Crippen LogP contribution in [0.1, 0.15) is 19.4 Å². The minimum absolute atomic E-state index is 0.130.